The van der Waals surface area contributed by atoms with E-state index in [1.54, 1.807) is 17.5 Å². The van der Waals surface area contributed by atoms with Gasteiger partial charge in [-0.25, -0.2) is 4.98 Å². The number of carbonyl (C=O) groups is 1. The zero-order valence-electron chi connectivity index (χ0n) is 18.5. The molecule has 0 aliphatic carbocycles. The molecular weight excluding hydrogens is 406 g/mol. The number of likely N-dealkylation sites (tertiary alicyclic amines) is 1. The number of thiophene rings is 1. The molecule has 1 fully saturated rings. The molecule has 6 nitrogen and oxygen atoms in total. The number of nitrogen functional groups attached to an aromatic ring is 1. The molecule has 0 spiro atoms. The summed E-state index contributed by atoms with van der Waals surface area (Å²) in [5.74, 6) is 1.16. The maximum Gasteiger partial charge on any atom is 0.263 e. The number of nitrogens with one attached hydrogen (secondary N) is 2. The second-order valence-electron chi connectivity index (χ2n) is 8.55. The third-order valence-electron chi connectivity index (χ3n) is 6.31. The van der Waals surface area contributed by atoms with Crippen LogP contribution in [0.15, 0.2) is 30.5 Å². The van der Waals surface area contributed by atoms with Crippen LogP contribution in [-0.4, -0.2) is 42.5 Å². The van der Waals surface area contributed by atoms with Crippen molar-refractivity contribution >= 4 is 39.5 Å². The topological polar surface area (TPSA) is 83.3 Å². The van der Waals surface area contributed by atoms with E-state index in [0.717, 1.165) is 46.5 Å². The fraction of sp³-hybridized carbons (Fsp3) is 0.417. The van der Waals surface area contributed by atoms with E-state index in [0.29, 0.717) is 18.3 Å². The molecule has 4 N–H and O–H groups in total. The number of hydrogen-bond donors (Lipinski definition) is 3. The van der Waals surface area contributed by atoms with Crippen LogP contribution in [0.25, 0.3) is 10.8 Å². The van der Waals surface area contributed by atoms with Gasteiger partial charge < -0.3 is 21.3 Å². The lowest BCUT2D eigenvalue weighted by Crippen LogP contribution is -2.33. The lowest BCUT2D eigenvalue weighted by molar-refractivity contribution is 0.0955. The number of aryl methyl sites for hydroxylation is 1. The largest absolute Gasteiger partial charge is 0.383 e. The van der Waals surface area contributed by atoms with Gasteiger partial charge in [-0.05, 0) is 81.4 Å². The zero-order valence-corrected chi connectivity index (χ0v) is 19.3. The van der Waals surface area contributed by atoms with Gasteiger partial charge in [0.2, 0.25) is 0 Å². The normalized spacial score (nSPS) is 15.3. The van der Waals surface area contributed by atoms with Gasteiger partial charge in [-0.3, -0.25) is 4.79 Å². The Morgan fingerprint density at radius 3 is 2.81 bits per heavy atom. The number of pyridine rings is 1. The first kappa shape index (κ1) is 21.6. The Labute approximate surface area is 187 Å². The second kappa shape index (κ2) is 9.24. The first-order chi connectivity index (χ1) is 14.9. The van der Waals surface area contributed by atoms with Crippen molar-refractivity contribution in [2.24, 2.45) is 5.92 Å². The highest BCUT2D eigenvalue weighted by atomic mass is 32.1. The molecule has 164 valence electrons. The quantitative estimate of drug-likeness (QED) is 0.539. The number of hydrogen-bond acceptors (Lipinski definition) is 6. The van der Waals surface area contributed by atoms with E-state index in [2.05, 4.69) is 47.5 Å². The molecule has 0 unspecified atom stereocenters. The van der Waals surface area contributed by atoms with Gasteiger partial charge in [0.1, 0.15) is 10.7 Å². The molecule has 3 heterocycles. The summed E-state index contributed by atoms with van der Waals surface area (Å²) in [4.78, 5) is 21.5. The van der Waals surface area contributed by atoms with Crippen molar-refractivity contribution in [1.29, 1.82) is 0 Å². The Morgan fingerprint density at radius 2 is 2.03 bits per heavy atom. The van der Waals surface area contributed by atoms with Gasteiger partial charge in [-0.1, -0.05) is 12.1 Å². The third-order valence-corrected chi connectivity index (χ3v) is 7.52. The van der Waals surface area contributed by atoms with Crippen LogP contribution < -0.4 is 16.4 Å². The summed E-state index contributed by atoms with van der Waals surface area (Å²) in [6.07, 6.45) is 4.11. The van der Waals surface area contributed by atoms with Gasteiger partial charge in [0, 0.05) is 29.5 Å². The van der Waals surface area contributed by atoms with Crippen LogP contribution in [0.4, 0.5) is 11.5 Å². The number of nitrogens with two attached hydrogens (primary N) is 1. The van der Waals surface area contributed by atoms with Crippen LogP contribution >= 0.6 is 11.3 Å². The summed E-state index contributed by atoms with van der Waals surface area (Å²) in [5.41, 5.74) is 9.15. The SMILES string of the molecule is Cc1sc(C(=O)NCc2ccc3c(N)nccc3c2)c(NCC2CCN(C)CC2)c1C. The highest BCUT2D eigenvalue weighted by Gasteiger charge is 2.21. The lowest BCUT2D eigenvalue weighted by Gasteiger charge is -2.29. The summed E-state index contributed by atoms with van der Waals surface area (Å²) in [7, 11) is 2.18. The van der Waals surface area contributed by atoms with Gasteiger partial charge in [0.05, 0.1) is 5.69 Å². The summed E-state index contributed by atoms with van der Waals surface area (Å²) < 4.78 is 0. The number of aromatic nitrogens is 1. The lowest BCUT2D eigenvalue weighted by atomic mass is 9.97. The minimum Gasteiger partial charge on any atom is -0.383 e. The molecule has 0 bridgehead atoms. The Balaban J connectivity index is 1.43. The Kier molecular flexibility index (Phi) is 6.43. The fourth-order valence-corrected chi connectivity index (χ4v) is 5.19. The molecule has 1 aromatic carbocycles. The fourth-order valence-electron chi connectivity index (χ4n) is 4.14. The van der Waals surface area contributed by atoms with E-state index < -0.39 is 0 Å². The van der Waals surface area contributed by atoms with Crippen molar-refractivity contribution in [3.63, 3.8) is 0 Å². The molecule has 1 saturated heterocycles. The van der Waals surface area contributed by atoms with Gasteiger partial charge in [0.15, 0.2) is 0 Å². The molecule has 7 heteroatoms. The number of rotatable bonds is 6. The van der Waals surface area contributed by atoms with E-state index in [1.807, 2.05) is 18.2 Å². The van der Waals surface area contributed by atoms with Gasteiger partial charge in [-0.15, -0.1) is 11.3 Å². The van der Waals surface area contributed by atoms with Gasteiger partial charge in [-0.2, -0.15) is 0 Å². The molecule has 2 aromatic heterocycles. The third kappa shape index (κ3) is 4.83. The number of benzene rings is 1. The number of anilines is 2. The van der Waals surface area contributed by atoms with Crippen LogP contribution in [0, 0.1) is 19.8 Å². The first-order valence-electron chi connectivity index (χ1n) is 10.9. The van der Waals surface area contributed by atoms with Crippen LogP contribution in [0.5, 0.6) is 0 Å². The monoisotopic (exact) mass is 437 g/mol. The minimum atomic E-state index is -0.0265. The molecule has 1 amide bonds. The maximum absolute atomic E-state index is 13.0. The number of fused-ring (bicyclic) bond motifs is 1. The zero-order chi connectivity index (χ0) is 22.0. The smallest absolute Gasteiger partial charge is 0.263 e. The second-order valence-corrected chi connectivity index (χ2v) is 9.77. The highest BCUT2D eigenvalue weighted by molar-refractivity contribution is 7.14. The summed E-state index contributed by atoms with van der Waals surface area (Å²) in [6.45, 7) is 7.87. The van der Waals surface area contributed by atoms with Gasteiger partial charge in [0.25, 0.3) is 5.91 Å². The van der Waals surface area contributed by atoms with Crippen LogP contribution in [0.2, 0.25) is 0 Å². The average molecular weight is 438 g/mol. The first-order valence-corrected chi connectivity index (χ1v) is 11.7. The van der Waals surface area contributed by atoms with E-state index in [9.17, 15) is 4.79 Å². The van der Waals surface area contributed by atoms with E-state index >= 15 is 0 Å². The molecule has 0 saturated carbocycles. The predicted octanol–water partition coefficient (Wildman–Crippen LogP) is 4.18. The molecular formula is C24H31N5OS. The Morgan fingerprint density at radius 1 is 1.26 bits per heavy atom. The predicted molar refractivity (Wildman–Crippen MR) is 130 cm³/mol. The van der Waals surface area contributed by atoms with Crippen molar-refractivity contribution in [2.75, 3.05) is 37.7 Å². The standard InChI is InChI=1S/C24H31N5OS/c1-15-16(2)31-22(21(15)27-13-17-7-10-29(3)11-8-17)24(30)28-14-18-4-5-20-19(12-18)6-9-26-23(20)25/h4-6,9,12,17,27H,7-8,10-11,13-14H2,1-3H3,(H2,25,26)(H,28,30). The van der Waals surface area contributed by atoms with Crippen LogP contribution in [-0.2, 0) is 6.54 Å². The number of amides is 1. The number of piperidine rings is 1. The molecule has 0 atom stereocenters. The van der Waals surface area contributed by atoms with Crippen molar-refractivity contribution in [2.45, 2.75) is 33.2 Å². The van der Waals surface area contributed by atoms with E-state index in [-0.39, 0.29) is 5.91 Å². The van der Waals surface area contributed by atoms with E-state index in [4.69, 9.17) is 5.73 Å². The van der Waals surface area contributed by atoms with Crippen molar-refractivity contribution in [3.05, 3.63) is 51.3 Å². The highest BCUT2D eigenvalue weighted by Crippen LogP contribution is 2.33. The molecule has 1 aliphatic heterocycles. The molecule has 1 aliphatic rings. The number of carbonyl (C=O) groups excluding carboxylic acids is 1. The van der Waals surface area contributed by atoms with Crippen LogP contribution in [0.1, 0.15) is 38.5 Å². The van der Waals surface area contributed by atoms with Crippen molar-refractivity contribution in [1.82, 2.24) is 15.2 Å². The molecule has 4 rings (SSSR count). The minimum absolute atomic E-state index is 0.0265. The average Bonchev–Trinajstić information content (AvgIpc) is 3.05. The van der Waals surface area contributed by atoms with E-state index in [1.165, 1.54) is 23.3 Å². The number of nitrogens with zero attached hydrogens (tertiary/aromatic N) is 2. The summed E-state index contributed by atoms with van der Waals surface area (Å²) in [5, 5.41) is 8.67. The van der Waals surface area contributed by atoms with Crippen molar-refractivity contribution < 1.29 is 4.79 Å². The Hall–Kier alpha value is -2.64. The summed E-state index contributed by atoms with van der Waals surface area (Å²) in [6, 6.07) is 7.95. The van der Waals surface area contributed by atoms with Crippen LogP contribution in [0.3, 0.4) is 0 Å². The van der Waals surface area contributed by atoms with Crippen molar-refractivity contribution in [3.8, 4) is 0 Å². The van der Waals surface area contributed by atoms with Gasteiger partial charge >= 0.3 is 0 Å². The Bertz CT molecular complexity index is 1090. The molecule has 3 aromatic rings. The molecule has 31 heavy (non-hydrogen) atoms. The maximum atomic E-state index is 13.0. The molecule has 0 radical (unpaired) electrons. The summed E-state index contributed by atoms with van der Waals surface area (Å²) >= 11 is 1.57.